The predicted molar refractivity (Wildman–Crippen MR) is 69.8 cm³/mol. The molecular formula is C14H12N2O4. The second-order valence-electron chi connectivity index (χ2n) is 4.61. The highest BCUT2D eigenvalue weighted by molar-refractivity contribution is 5.73. The van der Waals surface area contributed by atoms with Gasteiger partial charge in [0.05, 0.1) is 6.33 Å². The van der Waals surface area contributed by atoms with Gasteiger partial charge in [-0.25, -0.2) is 9.78 Å². The van der Waals surface area contributed by atoms with Crippen LogP contribution in [0.5, 0.6) is 5.75 Å². The van der Waals surface area contributed by atoms with Crippen LogP contribution in [-0.2, 0) is 4.79 Å². The Kier molecular flexibility index (Phi) is 2.98. The SMILES string of the molecule is O=C(O)C1CC(c2cnc[nH]c2=O)c2ccccc2O1. The molecule has 0 bridgehead atoms. The van der Waals surface area contributed by atoms with Gasteiger partial charge in [0.2, 0.25) is 0 Å². The molecule has 2 atom stereocenters. The molecule has 0 radical (unpaired) electrons. The number of para-hydroxylation sites is 1. The molecule has 102 valence electrons. The maximum Gasteiger partial charge on any atom is 0.344 e. The minimum Gasteiger partial charge on any atom is -0.479 e. The molecule has 1 aromatic heterocycles. The van der Waals surface area contributed by atoms with Crippen LogP contribution in [0.2, 0.25) is 0 Å². The number of aliphatic carboxylic acids is 1. The topological polar surface area (TPSA) is 92.3 Å². The molecule has 2 N–H and O–H groups in total. The minimum absolute atomic E-state index is 0.209. The van der Waals surface area contributed by atoms with E-state index >= 15 is 0 Å². The number of nitrogens with zero attached hydrogens (tertiary/aromatic N) is 1. The standard InChI is InChI=1S/C14H12N2O4/c17-13-10(6-15-7-16-13)9-5-12(14(18)19)20-11-4-2-1-3-8(9)11/h1-4,6-7,9,12H,5H2,(H,18,19)(H,15,16,17). The Morgan fingerprint density at radius 2 is 2.15 bits per heavy atom. The summed E-state index contributed by atoms with van der Waals surface area (Å²) in [6.45, 7) is 0. The van der Waals surface area contributed by atoms with Crippen LogP contribution in [0.25, 0.3) is 0 Å². The molecule has 2 unspecified atom stereocenters. The van der Waals surface area contributed by atoms with Gasteiger partial charge in [0.1, 0.15) is 5.75 Å². The van der Waals surface area contributed by atoms with Crippen LogP contribution in [0.15, 0.2) is 41.6 Å². The first kappa shape index (κ1) is 12.4. The fourth-order valence-electron chi connectivity index (χ4n) is 2.47. The highest BCUT2D eigenvalue weighted by atomic mass is 16.5. The van der Waals surface area contributed by atoms with Crippen molar-refractivity contribution in [1.29, 1.82) is 0 Å². The third-order valence-corrected chi connectivity index (χ3v) is 3.41. The number of aromatic amines is 1. The number of benzene rings is 1. The molecule has 6 heteroatoms. The second-order valence-corrected chi connectivity index (χ2v) is 4.61. The van der Waals surface area contributed by atoms with Gasteiger partial charge in [-0.3, -0.25) is 4.79 Å². The zero-order valence-corrected chi connectivity index (χ0v) is 10.4. The molecule has 1 aromatic carbocycles. The molecule has 1 aliphatic rings. The Bertz CT molecular complexity index is 710. The van der Waals surface area contributed by atoms with Gasteiger partial charge < -0.3 is 14.8 Å². The van der Waals surface area contributed by atoms with Gasteiger partial charge in [-0.15, -0.1) is 0 Å². The van der Waals surface area contributed by atoms with Crippen molar-refractivity contribution in [2.75, 3.05) is 0 Å². The van der Waals surface area contributed by atoms with Gasteiger partial charge in [0.25, 0.3) is 5.56 Å². The molecular weight excluding hydrogens is 260 g/mol. The van der Waals surface area contributed by atoms with E-state index in [2.05, 4.69) is 9.97 Å². The number of hydrogen-bond acceptors (Lipinski definition) is 4. The van der Waals surface area contributed by atoms with E-state index in [1.54, 1.807) is 12.1 Å². The monoisotopic (exact) mass is 272 g/mol. The van der Waals surface area contributed by atoms with E-state index in [1.165, 1.54) is 12.5 Å². The van der Waals surface area contributed by atoms with Crippen LogP contribution >= 0.6 is 0 Å². The third-order valence-electron chi connectivity index (χ3n) is 3.41. The fraction of sp³-hybridized carbons (Fsp3) is 0.214. The summed E-state index contributed by atoms with van der Waals surface area (Å²) in [5.74, 6) is -0.872. The van der Waals surface area contributed by atoms with Gasteiger partial charge in [-0.2, -0.15) is 0 Å². The Labute approximate surface area is 114 Å². The highest BCUT2D eigenvalue weighted by Gasteiger charge is 2.34. The van der Waals surface area contributed by atoms with Crippen molar-refractivity contribution in [3.63, 3.8) is 0 Å². The molecule has 20 heavy (non-hydrogen) atoms. The lowest BCUT2D eigenvalue weighted by molar-refractivity contribution is -0.146. The van der Waals surface area contributed by atoms with E-state index in [0.29, 0.717) is 11.3 Å². The largest absolute Gasteiger partial charge is 0.479 e. The molecule has 6 nitrogen and oxygen atoms in total. The predicted octanol–water partition coefficient (Wildman–Crippen LogP) is 1.14. The van der Waals surface area contributed by atoms with Crippen LogP contribution in [-0.4, -0.2) is 27.1 Å². The number of hydrogen-bond donors (Lipinski definition) is 2. The van der Waals surface area contributed by atoms with Crippen LogP contribution in [0.4, 0.5) is 0 Å². The lowest BCUT2D eigenvalue weighted by atomic mass is 9.85. The Morgan fingerprint density at radius 3 is 2.90 bits per heavy atom. The first-order chi connectivity index (χ1) is 9.66. The molecule has 0 spiro atoms. The lowest BCUT2D eigenvalue weighted by Gasteiger charge is -2.29. The van der Waals surface area contributed by atoms with Crippen molar-refractivity contribution in [2.24, 2.45) is 0 Å². The Hall–Kier alpha value is -2.63. The number of rotatable bonds is 2. The van der Waals surface area contributed by atoms with E-state index in [1.807, 2.05) is 12.1 Å². The summed E-state index contributed by atoms with van der Waals surface area (Å²) >= 11 is 0. The van der Waals surface area contributed by atoms with E-state index in [-0.39, 0.29) is 17.9 Å². The molecule has 2 heterocycles. The summed E-state index contributed by atoms with van der Waals surface area (Å²) in [6, 6.07) is 7.15. The van der Waals surface area contributed by atoms with Gasteiger partial charge in [0, 0.05) is 29.7 Å². The average molecular weight is 272 g/mol. The second kappa shape index (κ2) is 4.80. The molecule has 0 aliphatic carbocycles. The zero-order chi connectivity index (χ0) is 14.1. The number of fused-ring (bicyclic) bond motifs is 1. The number of ether oxygens (including phenoxy) is 1. The number of carboxylic acids is 1. The summed E-state index contributed by atoms with van der Waals surface area (Å²) in [5, 5.41) is 9.17. The third kappa shape index (κ3) is 2.05. The molecule has 0 saturated heterocycles. The van der Waals surface area contributed by atoms with Gasteiger partial charge in [-0.1, -0.05) is 18.2 Å². The van der Waals surface area contributed by atoms with E-state index in [9.17, 15) is 14.7 Å². The number of nitrogens with one attached hydrogen (secondary N) is 1. The van der Waals surface area contributed by atoms with Crippen molar-refractivity contribution in [3.05, 3.63) is 58.3 Å². The number of carbonyl (C=O) groups is 1. The van der Waals surface area contributed by atoms with Gasteiger partial charge in [-0.05, 0) is 6.07 Å². The fourth-order valence-corrected chi connectivity index (χ4v) is 2.47. The van der Waals surface area contributed by atoms with Crippen molar-refractivity contribution in [2.45, 2.75) is 18.4 Å². The molecule has 0 amide bonds. The first-order valence-corrected chi connectivity index (χ1v) is 6.18. The summed E-state index contributed by atoms with van der Waals surface area (Å²) in [7, 11) is 0. The Morgan fingerprint density at radius 1 is 1.35 bits per heavy atom. The smallest absolute Gasteiger partial charge is 0.344 e. The molecule has 0 saturated carbocycles. The van der Waals surface area contributed by atoms with Crippen molar-refractivity contribution < 1.29 is 14.6 Å². The van der Waals surface area contributed by atoms with E-state index in [0.717, 1.165) is 5.56 Å². The van der Waals surface area contributed by atoms with Gasteiger partial charge >= 0.3 is 5.97 Å². The molecule has 3 rings (SSSR count). The average Bonchev–Trinajstić information content (AvgIpc) is 2.46. The van der Waals surface area contributed by atoms with Gasteiger partial charge in [0.15, 0.2) is 6.10 Å². The maximum absolute atomic E-state index is 11.9. The summed E-state index contributed by atoms with van der Waals surface area (Å²) in [4.78, 5) is 29.6. The number of carboxylic acid groups (broad SMARTS) is 1. The van der Waals surface area contributed by atoms with Crippen molar-refractivity contribution in [1.82, 2.24) is 9.97 Å². The van der Waals surface area contributed by atoms with Crippen molar-refractivity contribution in [3.8, 4) is 5.75 Å². The minimum atomic E-state index is -1.04. The van der Waals surface area contributed by atoms with Crippen LogP contribution in [0, 0.1) is 0 Å². The highest BCUT2D eigenvalue weighted by Crippen LogP contribution is 2.38. The first-order valence-electron chi connectivity index (χ1n) is 6.18. The lowest BCUT2D eigenvalue weighted by Crippen LogP contribution is -2.34. The van der Waals surface area contributed by atoms with E-state index in [4.69, 9.17) is 4.74 Å². The summed E-state index contributed by atoms with van der Waals surface area (Å²) in [5.41, 5.74) is 1.00. The maximum atomic E-state index is 11.9. The quantitative estimate of drug-likeness (QED) is 0.855. The molecule has 2 aromatic rings. The summed E-state index contributed by atoms with van der Waals surface area (Å²) < 4.78 is 5.45. The van der Waals surface area contributed by atoms with Crippen molar-refractivity contribution >= 4 is 5.97 Å². The Balaban J connectivity index is 2.12. The summed E-state index contributed by atoms with van der Waals surface area (Å²) in [6.07, 6.45) is 2.03. The van der Waals surface area contributed by atoms with Crippen LogP contribution in [0.3, 0.4) is 0 Å². The molecule has 1 aliphatic heterocycles. The number of aromatic nitrogens is 2. The van der Waals surface area contributed by atoms with Crippen LogP contribution in [0.1, 0.15) is 23.5 Å². The zero-order valence-electron chi connectivity index (χ0n) is 10.4. The van der Waals surface area contributed by atoms with Crippen LogP contribution < -0.4 is 10.3 Å². The normalized spacial score (nSPS) is 20.8. The number of H-pyrrole nitrogens is 1. The van der Waals surface area contributed by atoms with E-state index < -0.39 is 12.1 Å². The molecule has 0 fully saturated rings.